The van der Waals surface area contributed by atoms with E-state index >= 15 is 0 Å². The van der Waals surface area contributed by atoms with Crippen LogP contribution in [-0.2, 0) is 29.3 Å². The molecule has 3 aromatic rings. The van der Waals surface area contributed by atoms with E-state index in [1.165, 1.54) is 21.8 Å². The van der Waals surface area contributed by atoms with Gasteiger partial charge in [0.05, 0.1) is 23.2 Å². The van der Waals surface area contributed by atoms with Crippen LogP contribution in [0.25, 0.3) is 0 Å². The maximum atomic E-state index is 13.0. The fourth-order valence-corrected chi connectivity index (χ4v) is 7.64. The molecule has 1 atom stereocenters. The van der Waals surface area contributed by atoms with Crippen molar-refractivity contribution in [2.45, 2.75) is 50.7 Å². The number of benzene rings is 1. The van der Waals surface area contributed by atoms with Crippen molar-refractivity contribution in [2.75, 3.05) is 23.4 Å². The van der Waals surface area contributed by atoms with Crippen LogP contribution in [0.2, 0.25) is 0 Å². The molecule has 2 fully saturated rings. The summed E-state index contributed by atoms with van der Waals surface area (Å²) in [4.78, 5) is 21.3. The molecule has 4 heterocycles. The molecule has 0 bridgehead atoms. The highest BCUT2D eigenvalue weighted by molar-refractivity contribution is 7.91. The number of carbonyl (C=O) groups is 1. The summed E-state index contributed by atoms with van der Waals surface area (Å²) >= 11 is 1.53. The summed E-state index contributed by atoms with van der Waals surface area (Å²) in [6.45, 7) is 2.67. The van der Waals surface area contributed by atoms with E-state index in [9.17, 15) is 13.2 Å². The van der Waals surface area contributed by atoms with Gasteiger partial charge in [-0.25, -0.2) is 13.4 Å². The summed E-state index contributed by atoms with van der Waals surface area (Å²) in [5, 5.41) is 8.11. The van der Waals surface area contributed by atoms with Crippen LogP contribution in [0.15, 0.2) is 36.4 Å². The quantitative estimate of drug-likeness (QED) is 0.561. The van der Waals surface area contributed by atoms with Gasteiger partial charge in [0.2, 0.25) is 0 Å². The second-order valence-corrected chi connectivity index (χ2v) is 12.8. The van der Waals surface area contributed by atoms with Gasteiger partial charge in [0.1, 0.15) is 0 Å². The highest BCUT2D eigenvalue weighted by Gasteiger charge is 2.36. The third-order valence-electron chi connectivity index (χ3n) is 6.83. The van der Waals surface area contributed by atoms with Gasteiger partial charge in [0.25, 0.3) is 5.91 Å². The smallest absolute Gasteiger partial charge is 0.277 e. The van der Waals surface area contributed by atoms with Crippen molar-refractivity contribution in [3.05, 3.63) is 63.9 Å². The molecule has 0 radical (unpaired) electrons. The summed E-state index contributed by atoms with van der Waals surface area (Å²) in [7, 11) is -3.03. The molecule has 1 unspecified atom stereocenters. The number of hydrogen-bond acceptors (Lipinski definition) is 7. The molecule has 1 saturated heterocycles. The van der Waals surface area contributed by atoms with E-state index in [-0.39, 0.29) is 23.5 Å². The summed E-state index contributed by atoms with van der Waals surface area (Å²) in [5.41, 5.74) is 3.68. The highest BCUT2D eigenvalue weighted by atomic mass is 32.2. The lowest BCUT2D eigenvalue weighted by Crippen LogP contribution is -2.29. The molecule has 2 aromatic heterocycles. The number of nitrogens with one attached hydrogen (secondary N) is 1. The molecule has 34 heavy (non-hydrogen) atoms. The minimum Gasteiger partial charge on any atom is -0.296 e. The Bertz CT molecular complexity index is 1330. The number of carbonyl (C=O) groups excluding carboxylic acids is 1. The number of rotatable bonds is 6. The van der Waals surface area contributed by atoms with Gasteiger partial charge in [-0.05, 0) is 30.9 Å². The predicted molar refractivity (Wildman–Crippen MR) is 131 cm³/mol. The van der Waals surface area contributed by atoms with Crippen LogP contribution >= 0.6 is 11.3 Å². The first kappa shape index (κ1) is 21.9. The number of sulfone groups is 1. The van der Waals surface area contributed by atoms with Crippen LogP contribution < -0.4 is 5.32 Å². The average molecular weight is 498 g/mol. The Morgan fingerprint density at radius 2 is 2.00 bits per heavy atom. The van der Waals surface area contributed by atoms with Gasteiger partial charge in [-0.2, -0.15) is 5.10 Å². The Labute approximate surface area is 202 Å². The van der Waals surface area contributed by atoms with Crippen LogP contribution in [0.4, 0.5) is 5.13 Å². The molecule has 0 spiro atoms. The predicted octanol–water partition coefficient (Wildman–Crippen LogP) is 3.39. The Balaban J connectivity index is 1.16. The standard InChI is InChI=1S/C24H27N5O3S2/c30-23(20-12-21(17-6-7-17)29(27-20)18-9-11-34(31,32)15-18)26-24-25-19-8-10-28(14-22(19)33-24)13-16-4-2-1-3-5-16/h1-5,12,17-18H,6-11,13-15H2,(H,25,26,30). The molecule has 8 nitrogen and oxygen atoms in total. The van der Waals surface area contributed by atoms with E-state index in [1.54, 1.807) is 0 Å². The largest absolute Gasteiger partial charge is 0.296 e. The lowest BCUT2D eigenvalue weighted by atomic mass is 10.1. The average Bonchev–Trinajstić information content (AvgIpc) is 3.26. The van der Waals surface area contributed by atoms with Crippen LogP contribution in [0.5, 0.6) is 0 Å². The fraction of sp³-hybridized carbons (Fsp3) is 0.458. The third-order valence-corrected chi connectivity index (χ3v) is 9.58. The van der Waals surface area contributed by atoms with E-state index < -0.39 is 9.84 Å². The van der Waals surface area contributed by atoms with Gasteiger partial charge in [-0.15, -0.1) is 11.3 Å². The van der Waals surface area contributed by atoms with Gasteiger partial charge in [-0.1, -0.05) is 30.3 Å². The van der Waals surface area contributed by atoms with Crippen LogP contribution in [0, 0.1) is 0 Å². The second kappa shape index (κ2) is 8.58. The molecule has 3 aliphatic rings. The van der Waals surface area contributed by atoms with Crippen LogP contribution in [0.3, 0.4) is 0 Å². The van der Waals surface area contributed by atoms with E-state index in [4.69, 9.17) is 0 Å². The van der Waals surface area contributed by atoms with Gasteiger partial charge >= 0.3 is 0 Å². The third kappa shape index (κ3) is 4.54. The zero-order chi connectivity index (χ0) is 23.3. The molecular weight excluding hydrogens is 470 g/mol. The van der Waals surface area contributed by atoms with Gasteiger partial charge in [-0.3, -0.25) is 19.7 Å². The van der Waals surface area contributed by atoms with E-state index in [0.29, 0.717) is 23.2 Å². The molecule has 1 amide bonds. The summed E-state index contributed by atoms with van der Waals surface area (Å²) < 4.78 is 25.8. The zero-order valence-electron chi connectivity index (χ0n) is 18.8. The number of aromatic nitrogens is 3. The zero-order valence-corrected chi connectivity index (χ0v) is 20.4. The topological polar surface area (TPSA) is 97.2 Å². The number of amides is 1. The lowest BCUT2D eigenvalue weighted by Gasteiger charge is -2.25. The van der Waals surface area contributed by atoms with E-state index in [0.717, 1.165) is 50.3 Å². The highest BCUT2D eigenvalue weighted by Crippen LogP contribution is 2.42. The van der Waals surface area contributed by atoms with Crippen molar-refractivity contribution < 1.29 is 13.2 Å². The number of hydrogen-bond donors (Lipinski definition) is 1. The number of nitrogens with zero attached hydrogens (tertiary/aromatic N) is 4. The van der Waals surface area contributed by atoms with Gasteiger partial charge < -0.3 is 0 Å². The monoisotopic (exact) mass is 497 g/mol. The Morgan fingerprint density at radius 3 is 2.74 bits per heavy atom. The van der Waals surface area contributed by atoms with Gasteiger partial charge in [0.15, 0.2) is 20.7 Å². The fourth-order valence-electron chi connectivity index (χ4n) is 4.90. The van der Waals surface area contributed by atoms with Gasteiger partial charge in [0, 0.05) is 42.5 Å². The van der Waals surface area contributed by atoms with Crippen molar-refractivity contribution in [2.24, 2.45) is 0 Å². The van der Waals surface area contributed by atoms with Crippen molar-refractivity contribution >= 4 is 32.2 Å². The molecule has 10 heteroatoms. The molecule has 178 valence electrons. The summed E-state index contributed by atoms with van der Waals surface area (Å²) in [6, 6.07) is 12.1. The summed E-state index contributed by atoms with van der Waals surface area (Å²) in [6.07, 6.45) is 3.55. The van der Waals surface area contributed by atoms with Crippen molar-refractivity contribution in [1.29, 1.82) is 0 Å². The Kier molecular flexibility index (Phi) is 5.54. The normalized spacial score (nSPS) is 21.9. The number of thiazole rings is 1. The van der Waals surface area contributed by atoms with Crippen molar-refractivity contribution in [3.63, 3.8) is 0 Å². The molecule has 6 rings (SSSR count). The number of fused-ring (bicyclic) bond motifs is 1. The Hall–Kier alpha value is -2.56. The maximum Gasteiger partial charge on any atom is 0.277 e. The molecule has 1 aromatic carbocycles. The molecule has 1 aliphatic carbocycles. The van der Waals surface area contributed by atoms with Crippen molar-refractivity contribution in [3.8, 4) is 0 Å². The number of anilines is 1. The summed E-state index contributed by atoms with van der Waals surface area (Å²) in [5.74, 6) is 0.386. The van der Waals surface area contributed by atoms with E-state index in [2.05, 4.69) is 44.6 Å². The van der Waals surface area contributed by atoms with Crippen LogP contribution in [0.1, 0.15) is 63.5 Å². The van der Waals surface area contributed by atoms with Crippen LogP contribution in [-0.4, -0.2) is 52.0 Å². The maximum absolute atomic E-state index is 13.0. The molecule has 1 saturated carbocycles. The molecule has 1 N–H and O–H groups in total. The first-order valence-electron chi connectivity index (χ1n) is 11.8. The first-order chi connectivity index (χ1) is 16.4. The Morgan fingerprint density at radius 1 is 1.18 bits per heavy atom. The SMILES string of the molecule is O=C(Nc1nc2c(s1)CN(Cc1ccccc1)CC2)c1cc(C2CC2)n(C2CCS(=O)(=O)C2)n1. The molecule has 2 aliphatic heterocycles. The second-order valence-electron chi connectivity index (χ2n) is 9.52. The first-order valence-corrected chi connectivity index (χ1v) is 14.4. The minimum atomic E-state index is -3.03. The minimum absolute atomic E-state index is 0.105. The lowest BCUT2D eigenvalue weighted by molar-refractivity contribution is 0.102. The van der Waals surface area contributed by atoms with Crippen molar-refractivity contribution in [1.82, 2.24) is 19.7 Å². The molecular formula is C24H27N5O3S2. The van der Waals surface area contributed by atoms with E-state index in [1.807, 2.05) is 16.8 Å².